The third kappa shape index (κ3) is 4.58. The lowest BCUT2D eigenvalue weighted by Gasteiger charge is -2.29. The lowest BCUT2D eigenvalue weighted by Crippen LogP contribution is -2.47. The maximum absolute atomic E-state index is 5.87. The highest BCUT2D eigenvalue weighted by molar-refractivity contribution is 6.69. The average molecular weight is 280 g/mol. The second-order valence-corrected chi connectivity index (χ2v) is 6.86. The van der Waals surface area contributed by atoms with Crippen LogP contribution in [0.2, 0.25) is 0 Å². The number of hydrogen-bond acceptors (Lipinski definition) is 3. The van der Waals surface area contributed by atoms with Crippen LogP contribution in [0.5, 0.6) is 0 Å². The molecule has 0 bridgehead atoms. The van der Waals surface area contributed by atoms with Crippen molar-refractivity contribution in [2.75, 3.05) is 19.8 Å². The van der Waals surface area contributed by atoms with E-state index in [1.165, 1.54) is 0 Å². The molecule has 0 heterocycles. The van der Waals surface area contributed by atoms with Gasteiger partial charge in [-0.3, -0.25) is 0 Å². The van der Waals surface area contributed by atoms with Gasteiger partial charge >= 0.3 is 8.80 Å². The summed E-state index contributed by atoms with van der Waals surface area (Å²) >= 11 is 0. The van der Waals surface area contributed by atoms with Crippen molar-refractivity contribution in [3.05, 3.63) is 41.1 Å². The Balaban J connectivity index is 3.04. The number of benzene rings is 1. The van der Waals surface area contributed by atoms with Crippen molar-refractivity contribution in [2.24, 2.45) is 0 Å². The summed E-state index contributed by atoms with van der Waals surface area (Å²) in [6.45, 7) is 9.70. The SMILES string of the molecule is CCO[Si](OCC)(OCC)/C(C)=C/c1ccccc1. The summed E-state index contributed by atoms with van der Waals surface area (Å²) in [7, 11) is -2.72. The first kappa shape index (κ1) is 16.1. The molecule has 1 aromatic rings. The molecule has 0 spiro atoms. The minimum Gasteiger partial charge on any atom is -0.370 e. The molecule has 0 aromatic heterocycles. The van der Waals surface area contributed by atoms with E-state index in [2.05, 4.69) is 18.2 Å². The molecule has 0 aliphatic carbocycles. The fourth-order valence-corrected chi connectivity index (χ4v) is 4.34. The summed E-state index contributed by atoms with van der Waals surface area (Å²) in [5.41, 5.74) is 1.14. The molecule has 0 saturated heterocycles. The van der Waals surface area contributed by atoms with Gasteiger partial charge in [0, 0.05) is 19.8 Å². The summed E-state index contributed by atoms with van der Waals surface area (Å²) < 4.78 is 17.6. The van der Waals surface area contributed by atoms with Gasteiger partial charge < -0.3 is 13.3 Å². The van der Waals surface area contributed by atoms with Crippen LogP contribution >= 0.6 is 0 Å². The van der Waals surface area contributed by atoms with E-state index in [4.69, 9.17) is 13.3 Å². The fraction of sp³-hybridized carbons (Fsp3) is 0.467. The molecule has 0 atom stereocenters. The van der Waals surface area contributed by atoms with Gasteiger partial charge in [-0.1, -0.05) is 36.4 Å². The molecule has 4 heteroatoms. The minimum absolute atomic E-state index is 0.589. The third-order valence-electron chi connectivity index (χ3n) is 2.67. The normalized spacial score (nSPS) is 12.7. The summed E-state index contributed by atoms with van der Waals surface area (Å²) in [5.74, 6) is 0. The summed E-state index contributed by atoms with van der Waals surface area (Å²) in [5, 5.41) is 1.05. The lowest BCUT2D eigenvalue weighted by molar-refractivity contribution is 0.0811. The van der Waals surface area contributed by atoms with Gasteiger partial charge in [-0.15, -0.1) is 0 Å². The van der Waals surface area contributed by atoms with Crippen molar-refractivity contribution < 1.29 is 13.3 Å². The Morgan fingerprint density at radius 3 is 1.84 bits per heavy atom. The molecule has 0 N–H and O–H groups in total. The standard InChI is InChI=1S/C15H24O3Si/c1-5-16-19(17-6-2,18-7-3)14(4)13-15-11-9-8-10-12-15/h8-13H,5-7H2,1-4H3/b14-13+. The van der Waals surface area contributed by atoms with Gasteiger partial charge in [0.25, 0.3) is 0 Å². The Bertz CT molecular complexity index is 373. The predicted octanol–water partition coefficient (Wildman–Crippen LogP) is 3.68. The first-order chi connectivity index (χ1) is 9.18. The Labute approximate surface area is 117 Å². The van der Waals surface area contributed by atoms with E-state index >= 15 is 0 Å². The van der Waals surface area contributed by atoms with Crippen molar-refractivity contribution in [3.8, 4) is 0 Å². The lowest BCUT2D eigenvalue weighted by atomic mass is 10.2. The average Bonchev–Trinajstić information content (AvgIpc) is 2.40. The van der Waals surface area contributed by atoms with Crippen LogP contribution in [0.1, 0.15) is 33.3 Å². The molecular formula is C15H24O3Si. The second kappa shape index (κ2) is 8.27. The topological polar surface area (TPSA) is 27.7 Å². The van der Waals surface area contributed by atoms with Gasteiger partial charge in [0.05, 0.1) is 0 Å². The highest BCUT2D eigenvalue weighted by atomic mass is 28.4. The fourth-order valence-electron chi connectivity index (χ4n) is 1.92. The van der Waals surface area contributed by atoms with E-state index in [1.54, 1.807) is 0 Å². The zero-order valence-electron chi connectivity index (χ0n) is 12.3. The predicted molar refractivity (Wildman–Crippen MR) is 80.7 cm³/mol. The number of rotatable bonds is 8. The summed E-state index contributed by atoms with van der Waals surface area (Å²) in [6.07, 6.45) is 2.09. The molecule has 106 valence electrons. The maximum atomic E-state index is 5.87. The van der Waals surface area contributed by atoms with Crippen LogP contribution in [0.15, 0.2) is 35.5 Å². The van der Waals surface area contributed by atoms with Crippen molar-refractivity contribution >= 4 is 14.9 Å². The first-order valence-corrected chi connectivity index (χ1v) is 8.56. The summed E-state index contributed by atoms with van der Waals surface area (Å²) in [6, 6.07) is 10.2. The van der Waals surface area contributed by atoms with Gasteiger partial charge in [-0.2, -0.15) is 0 Å². The van der Waals surface area contributed by atoms with E-state index in [-0.39, 0.29) is 0 Å². The van der Waals surface area contributed by atoms with Gasteiger partial charge in [0.15, 0.2) is 0 Å². The van der Waals surface area contributed by atoms with Crippen molar-refractivity contribution in [3.63, 3.8) is 0 Å². The Kier molecular flexibility index (Phi) is 7.01. The van der Waals surface area contributed by atoms with Gasteiger partial charge in [-0.05, 0) is 38.5 Å². The van der Waals surface area contributed by atoms with Crippen LogP contribution < -0.4 is 0 Å². The smallest absolute Gasteiger partial charge is 0.370 e. The summed E-state index contributed by atoms with van der Waals surface area (Å²) in [4.78, 5) is 0. The van der Waals surface area contributed by atoms with Gasteiger partial charge in [0.1, 0.15) is 0 Å². The zero-order valence-corrected chi connectivity index (χ0v) is 13.3. The van der Waals surface area contributed by atoms with Crippen molar-refractivity contribution in [2.45, 2.75) is 27.7 Å². The first-order valence-electron chi connectivity index (χ1n) is 6.84. The molecule has 1 rings (SSSR count). The minimum atomic E-state index is -2.72. The quantitative estimate of drug-likeness (QED) is 0.680. The van der Waals surface area contributed by atoms with Crippen LogP contribution in [0.25, 0.3) is 6.08 Å². The van der Waals surface area contributed by atoms with Crippen LogP contribution in [-0.2, 0) is 13.3 Å². The molecule has 0 radical (unpaired) electrons. The second-order valence-electron chi connectivity index (χ2n) is 4.09. The van der Waals surface area contributed by atoms with Crippen LogP contribution in [-0.4, -0.2) is 28.6 Å². The molecule has 0 aliphatic heterocycles. The Morgan fingerprint density at radius 1 is 0.947 bits per heavy atom. The van der Waals surface area contributed by atoms with Gasteiger partial charge in [-0.25, -0.2) is 0 Å². The van der Waals surface area contributed by atoms with E-state index in [9.17, 15) is 0 Å². The molecule has 1 aromatic carbocycles. The molecule has 0 aliphatic rings. The van der Waals surface area contributed by atoms with E-state index in [0.717, 1.165) is 10.8 Å². The van der Waals surface area contributed by atoms with Crippen LogP contribution in [0, 0.1) is 0 Å². The highest BCUT2D eigenvalue weighted by Crippen LogP contribution is 2.22. The molecule has 0 fully saturated rings. The number of hydrogen-bond donors (Lipinski definition) is 0. The van der Waals surface area contributed by atoms with Crippen molar-refractivity contribution in [1.82, 2.24) is 0 Å². The molecule has 0 saturated carbocycles. The Morgan fingerprint density at radius 2 is 1.42 bits per heavy atom. The monoisotopic (exact) mass is 280 g/mol. The Hall–Kier alpha value is -0.943. The maximum Gasteiger partial charge on any atom is 0.532 e. The largest absolute Gasteiger partial charge is 0.532 e. The molecule has 0 amide bonds. The highest BCUT2D eigenvalue weighted by Gasteiger charge is 2.42. The van der Waals surface area contributed by atoms with E-state index in [0.29, 0.717) is 19.8 Å². The van der Waals surface area contributed by atoms with E-state index in [1.807, 2.05) is 45.9 Å². The van der Waals surface area contributed by atoms with Gasteiger partial charge in [0.2, 0.25) is 0 Å². The van der Waals surface area contributed by atoms with E-state index < -0.39 is 8.80 Å². The molecule has 0 unspecified atom stereocenters. The molecule has 3 nitrogen and oxygen atoms in total. The third-order valence-corrected chi connectivity index (χ3v) is 5.79. The molecule has 19 heavy (non-hydrogen) atoms. The van der Waals surface area contributed by atoms with Crippen LogP contribution in [0.4, 0.5) is 0 Å². The van der Waals surface area contributed by atoms with Crippen LogP contribution in [0.3, 0.4) is 0 Å². The van der Waals surface area contributed by atoms with Crippen molar-refractivity contribution in [1.29, 1.82) is 0 Å². The zero-order chi connectivity index (χ0) is 14.1. The molecular weight excluding hydrogens is 256 g/mol. The number of allylic oxidation sites excluding steroid dienone is 1.